The van der Waals surface area contributed by atoms with E-state index in [1.54, 1.807) is 19.2 Å². The summed E-state index contributed by atoms with van der Waals surface area (Å²) in [7, 11) is -1.73. The Hall–Kier alpha value is -3.12. The molecule has 47 heavy (non-hydrogen) atoms. The third-order valence-electron chi connectivity index (χ3n) is 9.63. The number of ether oxygens (including phenoxy) is 3. The van der Waals surface area contributed by atoms with Crippen LogP contribution in [-0.4, -0.2) is 67.5 Å². The predicted octanol–water partition coefficient (Wildman–Crippen LogP) is 5.92. The van der Waals surface area contributed by atoms with Crippen LogP contribution in [0.15, 0.2) is 52.9 Å². The maximum atomic E-state index is 14.3. The van der Waals surface area contributed by atoms with Crippen molar-refractivity contribution in [2.24, 2.45) is 22.1 Å². The van der Waals surface area contributed by atoms with Gasteiger partial charge in [0.2, 0.25) is 0 Å². The van der Waals surface area contributed by atoms with Crippen LogP contribution in [-0.2, 0) is 32.4 Å². The van der Waals surface area contributed by atoms with E-state index in [4.69, 9.17) is 25.8 Å². The molecule has 2 bridgehead atoms. The Kier molecular flexibility index (Phi) is 10.8. The van der Waals surface area contributed by atoms with Crippen molar-refractivity contribution in [3.05, 3.63) is 70.3 Å². The van der Waals surface area contributed by atoms with Gasteiger partial charge in [-0.05, 0) is 97.7 Å². The predicted molar refractivity (Wildman–Crippen MR) is 183 cm³/mol. The summed E-state index contributed by atoms with van der Waals surface area (Å²) in [5, 5.41) is 3.47. The number of carbonyl (C=O) groups excluding carboxylic acids is 2. The Morgan fingerprint density at radius 3 is 2.72 bits per heavy atom. The Balaban J connectivity index is 1.42. The normalized spacial score (nSPS) is 29.3. The molecule has 6 rings (SSSR count). The summed E-state index contributed by atoms with van der Waals surface area (Å²) in [5.41, 5.74) is 3.46. The van der Waals surface area contributed by atoms with Gasteiger partial charge in [0.1, 0.15) is 15.7 Å². The molecule has 0 radical (unpaired) electrons. The van der Waals surface area contributed by atoms with Gasteiger partial charge in [-0.25, -0.2) is 9.00 Å². The van der Waals surface area contributed by atoms with Gasteiger partial charge in [-0.1, -0.05) is 36.7 Å². The molecule has 1 saturated heterocycles. The minimum Gasteiger partial charge on any atom is -0.491 e. The van der Waals surface area contributed by atoms with E-state index in [0.29, 0.717) is 55.4 Å². The topological polar surface area (TPSA) is 119 Å². The second kappa shape index (κ2) is 15.0. The van der Waals surface area contributed by atoms with Gasteiger partial charge in [0.25, 0.3) is 5.91 Å². The zero-order valence-corrected chi connectivity index (χ0v) is 28.7. The van der Waals surface area contributed by atoms with Crippen LogP contribution >= 0.6 is 11.6 Å². The number of hydrogen-bond donors (Lipinski definition) is 2. The number of hydrogen-bond acceptors (Lipinski definition) is 7. The summed E-state index contributed by atoms with van der Waals surface area (Å²) in [6.07, 6.45) is 9.58. The molecule has 3 amide bonds. The van der Waals surface area contributed by atoms with E-state index in [1.807, 2.05) is 19.1 Å². The molecule has 12 heteroatoms. The first-order valence-electron chi connectivity index (χ1n) is 16.6. The van der Waals surface area contributed by atoms with Gasteiger partial charge in [-0.3, -0.25) is 9.52 Å². The third kappa shape index (κ3) is 8.31. The quantitative estimate of drug-likeness (QED) is 0.386. The van der Waals surface area contributed by atoms with E-state index in [9.17, 15) is 13.8 Å². The number of urea groups is 1. The van der Waals surface area contributed by atoms with Crippen molar-refractivity contribution in [3.63, 3.8) is 0 Å². The van der Waals surface area contributed by atoms with Gasteiger partial charge in [-0.2, -0.15) is 0 Å². The third-order valence-corrected chi connectivity index (χ3v) is 11.9. The molecule has 0 spiro atoms. The number of carbonyl (C=O) groups is 2. The molecular weight excluding hydrogens is 640 g/mol. The van der Waals surface area contributed by atoms with Gasteiger partial charge in [0.05, 0.1) is 43.4 Å². The lowest BCUT2D eigenvalue weighted by molar-refractivity contribution is 0.000295. The fraction of sp³-hybridized carbons (Fsp3) is 0.543. The number of aryl methyl sites for hydroxylation is 1. The number of nitrogens with zero attached hydrogens (tertiary/aromatic N) is 2. The molecule has 2 aromatic rings. The second-order valence-electron chi connectivity index (χ2n) is 13.3. The molecule has 254 valence electrons. The monoisotopic (exact) mass is 684 g/mol. The highest BCUT2D eigenvalue weighted by Gasteiger charge is 2.38. The zero-order chi connectivity index (χ0) is 33.0. The number of allylic oxidation sites excluding steroid dienone is 1. The maximum Gasteiger partial charge on any atom is 0.327 e. The van der Waals surface area contributed by atoms with Gasteiger partial charge in [0.15, 0.2) is 0 Å². The zero-order valence-electron chi connectivity index (χ0n) is 27.1. The van der Waals surface area contributed by atoms with Crippen molar-refractivity contribution in [2.45, 2.75) is 64.1 Å². The fourth-order valence-corrected chi connectivity index (χ4v) is 8.88. The van der Waals surface area contributed by atoms with Crippen molar-refractivity contribution in [1.82, 2.24) is 10.0 Å². The van der Waals surface area contributed by atoms with Crippen molar-refractivity contribution in [2.75, 3.05) is 44.1 Å². The summed E-state index contributed by atoms with van der Waals surface area (Å²) in [6.45, 7) is 4.60. The summed E-state index contributed by atoms with van der Waals surface area (Å²) in [4.78, 5) is 29.0. The first-order valence-corrected chi connectivity index (χ1v) is 18.7. The summed E-state index contributed by atoms with van der Waals surface area (Å²) in [6, 6.07) is 10.6. The lowest BCUT2D eigenvalue weighted by Gasteiger charge is -2.43. The number of fused-ring (bicyclic) bond motifs is 3. The minimum atomic E-state index is -3.48. The SMILES string of the molecule is CO[C@H]1/C=C/C[C@H](C)CS(=O)(NC(=O)NC2COC2)=NC(=O)c2ccc3c(c2)N(Cc2ccc(Cl)cc2CCCCO3)C[C@@H]2CC[C@H]21. The fourth-order valence-electron chi connectivity index (χ4n) is 6.85. The van der Waals surface area contributed by atoms with Crippen molar-refractivity contribution >= 4 is 39.1 Å². The molecule has 5 atom stereocenters. The second-order valence-corrected chi connectivity index (χ2v) is 15.7. The molecule has 1 unspecified atom stereocenters. The van der Waals surface area contributed by atoms with Crippen LogP contribution in [0.2, 0.25) is 5.02 Å². The van der Waals surface area contributed by atoms with Crippen LogP contribution in [0.3, 0.4) is 0 Å². The Morgan fingerprint density at radius 2 is 1.98 bits per heavy atom. The smallest absolute Gasteiger partial charge is 0.327 e. The van der Waals surface area contributed by atoms with Crippen LogP contribution in [0.5, 0.6) is 5.75 Å². The van der Waals surface area contributed by atoms with Crippen molar-refractivity contribution in [3.8, 4) is 5.75 Å². The van der Waals surface area contributed by atoms with Crippen LogP contribution in [0.25, 0.3) is 0 Å². The Labute approximate surface area is 282 Å². The number of methoxy groups -OCH3 is 1. The van der Waals surface area contributed by atoms with Crippen LogP contribution in [0.1, 0.15) is 60.5 Å². The molecule has 1 aliphatic carbocycles. The Bertz CT molecular complexity index is 1620. The van der Waals surface area contributed by atoms with Gasteiger partial charge < -0.3 is 24.4 Å². The molecule has 10 nitrogen and oxygen atoms in total. The number of amides is 3. The lowest BCUT2D eigenvalue weighted by atomic mass is 9.70. The molecule has 2 aromatic carbocycles. The van der Waals surface area contributed by atoms with E-state index in [-0.39, 0.29) is 29.4 Å². The average Bonchev–Trinajstić information content (AvgIpc) is 3.02. The van der Waals surface area contributed by atoms with Crippen molar-refractivity contribution < 1.29 is 28.0 Å². The number of anilines is 1. The molecule has 4 aliphatic rings. The molecule has 2 N–H and O–H groups in total. The number of halogens is 1. The first-order chi connectivity index (χ1) is 22.7. The standard InChI is InChI=1S/C35H45ClN4O6S/c1-23-6-5-8-32(44-2)30-13-10-27(30)19-40-18-26-9-12-28(36)16-24(26)7-3-4-15-46-33-14-11-25(17-31(33)40)34(41)38-47(43,22-23)39-35(42)37-29-20-45-21-29/h5,8-9,11-12,14,16-17,23,27,29-30,32H,3-4,6-7,10,13,15,18-22H2,1-2H3,(H2,37,38,39,41,42,43)/b8-5+/t23-,27-,30+,32-,47?/m0/s1. The van der Waals surface area contributed by atoms with Crippen LogP contribution in [0, 0.1) is 17.8 Å². The number of nitrogens with one attached hydrogen (secondary N) is 2. The van der Waals surface area contributed by atoms with Gasteiger partial charge >= 0.3 is 6.03 Å². The van der Waals surface area contributed by atoms with Crippen LogP contribution in [0.4, 0.5) is 10.5 Å². The molecular formula is C35H45ClN4O6S. The lowest BCUT2D eigenvalue weighted by Crippen LogP contribution is -2.53. The van der Waals surface area contributed by atoms with E-state index in [2.05, 4.69) is 43.6 Å². The van der Waals surface area contributed by atoms with Crippen LogP contribution < -0.4 is 19.7 Å². The highest BCUT2D eigenvalue weighted by molar-refractivity contribution is 7.92. The van der Waals surface area contributed by atoms with E-state index in [0.717, 1.165) is 44.3 Å². The number of benzene rings is 2. The minimum absolute atomic E-state index is 0.0148. The number of rotatable bonds is 3. The van der Waals surface area contributed by atoms with Gasteiger partial charge in [0, 0.05) is 30.8 Å². The van der Waals surface area contributed by atoms with E-state index >= 15 is 0 Å². The Morgan fingerprint density at radius 1 is 1.13 bits per heavy atom. The van der Waals surface area contributed by atoms with E-state index < -0.39 is 21.9 Å². The molecule has 3 heterocycles. The average molecular weight is 685 g/mol. The molecule has 2 fully saturated rings. The molecule has 3 aliphatic heterocycles. The van der Waals surface area contributed by atoms with E-state index in [1.165, 1.54) is 11.1 Å². The first kappa shape index (κ1) is 33.8. The largest absolute Gasteiger partial charge is 0.491 e. The highest BCUT2D eigenvalue weighted by Crippen LogP contribution is 2.42. The summed E-state index contributed by atoms with van der Waals surface area (Å²) < 4.78 is 38.5. The maximum absolute atomic E-state index is 14.3. The molecule has 0 aromatic heterocycles. The highest BCUT2D eigenvalue weighted by atomic mass is 35.5. The summed E-state index contributed by atoms with van der Waals surface area (Å²) >= 11 is 6.44. The van der Waals surface area contributed by atoms with Gasteiger partial charge in [-0.15, -0.1) is 4.36 Å². The molecule has 1 saturated carbocycles. The summed E-state index contributed by atoms with van der Waals surface area (Å²) in [5.74, 6) is 0.624. The van der Waals surface area contributed by atoms with Crippen molar-refractivity contribution in [1.29, 1.82) is 0 Å².